The number of nitrogens with one attached hydrogen (secondary N) is 2. The Morgan fingerprint density at radius 1 is 1.38 bits per heavy atom. The highest BCUT2D eigenvalue weighted by molar-refractivity contribution is 6.00. The molecule has 5 heteroatoms. The van der Waals surface area contributed by atoms with Crippen LogP contribution in [0, 0.1) is 6.92 Å². The molecule has 2 rings (SSSR count). The van der Waals surface area contributed by atoms with Crippen LogP contribution < -0.4 is 11.3 Å². The molecule has 0 amide bonds. The average molecular weight is 215 g/mol. The van der Waals surface area contributed by atoms with E-state index in [-0.39, 0.29) is 0 Å². The first-order valence-electron chi connectivity index (χ1n) is 4.92. The third-order valence-electron chi connectivity index (χ3n) is 2.22. The molecule has 1 aromatic heterocycles. The number of rotatable bonds is 2. The molecule has 0 bridgehead atoms. The fourth-order valence-electron chi connectivity index (χ4n) is 1.39. The van der Waals surface area contributed by atoms with Crippen molar-refractivity contribution in [3.63, 3.8) is 0 Å². The summed E-state index contributed by atoms with van der Waals surface area (Å²) >= 11 is 0. The monoisotopic (exact) mass is 215 g/mol. The number of hydrogen-bond acceptors (Lipinski definition) is 3. The van der Waals surface area contributed by atoms with Crippen LogP contribution in [-0.2, 0) is 0 Å². The minimum atomic E-state index is 0.595. The molecule has 0 unspecified atom stereocenters. The van der Waals surface area contributed by atoms with E-state index >= 15 is 0 Å². The van der Waals surface area contributed by atoms with Gasteiger partial charge in [-0.15, -0.1) is 0 Å². The largest absolute Gasteiger partial charge is 0.308 e. The maximum absolute atomic E-state index is 5.46. The summed E-state index contributed by atoms with van der Waals surface area (Å²) in [6.07, 6.45) is 1.69. The number of aromatic nitrogens is 2. The highest BCUT2D eigenvalue weighted by Crippen LogP contribution is 2.12. The molecular weight excluding hydrogens is 202 g/mol. The van der Waals surface area contributed by atoms with Crippen molar-refractivity contribution in [2.24, 2.45) is 10.8 Å². The molecule has 0 radical (unpaired) electrons. The molecule has 0 spiro atoms. The normalized spacial score (nSPS) is 11.5. The SMILES string of the molecule is Cc1[nH]ncc1C(=Nc1ccccc1)NN. The van der Waals surface area contributed by atoms with Crippen LogP contribution in [0.3, 0.4) is 0 Å². The third-order valence-corrected chi connectivity index (χ3v) is 2.22. The smallest absolute Gasteiger partial charge is 0.151 e. The van der Waals surface area contributed by atoms with E-state index in [9.17, 15) is 0 Å². The van der Waals surface area contributed by atoms with E-state index in [0.29, 0.717) is 5.84 Å². The fourth-order valence-corrected chi connectivity index (χ4v) is 1.39. The molecule has 1 heterocycles. The number of amidine groups is 1. The third kappa shape index (κ3) is 2.09. The minimum absolute atomic E-state index is 0.595. The van der Waals surface area contributed by atoms with Gasteiger partial charge in [0.25, 0.3) is 0 Å². The number of benzene rings is 1. The van der Waals surface area contributed by atoms with Gasteiger partial charge in [0.2, 0.25) is 0 Å². The highest BCUT2D eigenvalue weighted by atomic mass is 15.3. The van der Waals surface area contributed by atoms with E-state index in [0.717, 1.165) is 16.9 Å². The van der Waals surface area contributed by atoms with E-state index in [1.54, 1.807) is 6.20 Å². The summed E-state index contributed by atoms with van der Waals surface area (Å²) in [5, 5.41) is 6.77. The van der Waals surface area contributed by atoms with Gasteiger partial charge < -0.3 is 5.43 Å². The Kier molecular flexibility index (Phi) is 2.98. The lowest BCUT2D eigenvalue weighted by Crippen LogP contribution is -2.31. The van der Waals surface area contributed by atoms with Crippen LogP contribution in [0.4, 0.5) is 5.69 Å². The molecule has 0 aliphatic carbocycles. The van der Waals surface area contributed by atoms with E-state index in [1.165, 1.54) is 0 Å². The first kappa shape index (κ1) is 10.4. The van der Waals surface area contributed by atoms with Crippen molar-refractivity contribution >= 4 is 11.5 Å². The number of hydrazine groups is 1. The van der Waals surface area contributed by atoms with Crippen molar-refractivity contribution in [1.29, 1.82) is 0 Å². The first-order chi connectivity index (χ1) is 7.81. The first-order valence-corrected chi connectivity index (χ1v) is 4.92. The Bertz CT molecular complexity index is 486. The van der Waals surface area contributed by atoms with Crippen LogP contribution in [0.5, 0.6) is 0 Å². The van der Waals surface area contributed by atoms with Gasteiger partial charge >= 0.3 is 0 Å². The number of aliphatic imine (C=N–C) groups is 1. The number of hydrogen-bond donors (Lipinski definition) is 3. The Hall–Kier alpha value is -2.14. The summed E-state index contributed by atoms with van der Waals surface area (Å²) in [5.74, 6) is 6.05. The zero-order valence-corrected chi connectivity index (χ0v) is 8.94. The summed E-state index contributed by atoms with van der Waals surface area (Å²) in [6, 6.07) is 9.61. The molecule has 0 atom stereocenters. The molecule has 0 saturated heterocycles. The number of H-pyrrole nitrogens is 1. The van der Waals surface area contributed by atoms with Crippen molar-refractivity contribution in [1.82, 2.24) is 15.6 Å². The van der Waals surface area contributed by atoms with Crippen LogP contribution in [0.1, 0.15) is 11.3 Å². The lowest BCUT2D eigenvalue weighted by atomic mass is 10.2. The Morgan fingerprint density at radius 2 is 2.12 bits per heavy atom. The fraction of sp³-hybridized carbons (Fsp3) is 0.0909. The molecule has 2 aromatic rings. The van der Waals surface area contributed by atoms with E-state index < -0.39 is 0 Å². The maximum Gasteiger partial charge on any atom is 0.151 e. The van der Waals surface area contributed by atoms with Gasteiger partial charge in [-0.05, 0) is 19.1 Å². The molecule has 16 heavy (non-hydrogen) atoms. The molecule has 0 fully saturated rings. The second kappa shape index (κ2) is 4.59. The second-order valence-electron chi connectivity index (χ2n) is 3.35. The number of nitrogens with two attached hydrogens (primary N) is 1. The summed E-state index contributed by atoms with van der Waals surface area (Å²) in [7, 11) is 0. The average Bonchev–Trinajstić information content (AvgIpc) is 2.74. The molecule has 1 aromatic carbocycles. The molecule has 82 valence electrons. The van der Waals surface area contributed by atoms with Gasteiger partial charge in [-0.25, -0.2) is 10.8 Å². The van der Waals surface area contributed by atoms with E-state index in [2.05, 4.69) is 20.6 Å². The standard InChI is InChI=1S/C11H13N5/c1-8-10(7-13-16-8)11(15-12)14-9-5-3-2-4-6-9/h2-7H,12H2,1H3,(H,13,16)(H,14,15). The van der Waals surface area contributed by atoms with Crippen molar-refractivity contribution in [3.05, 3.63) is 47.8 Å². The summed E-state index contributed by atoms with van der Waals surface area (Å²) in [4.78, 5) is 4.40. The number of aryl methyl sites for hydroxylation is 1. The lowest BCUT2D eigenvalue weighted by Gasteiger charge is -2.04. The number of nitrogens with zero attached hydrogens (tertiary/aromatic N) is 2. The lowest BCUT2D eigenvalue weighted by molar-refractivity contribution is 1.02. The maximum atomic E-state index is 5.46. The van der Waals surface area contributed by atoms with Gasteiger partial charge in [0.15, 0.2) is 5.84 Å². The summed E-state index contributed by atoms with van der Waals surface area (Å²) < 4.78 is 0. The summed E-state index contributed by atoms with van der Waals surface area (Å²) in [5.41, 5.74) is 5.22. The van der Waals surface area contributed by atoms with Gasteiger partial charge in [0.05, 0.1) is 17.4 Å². The zero-order chi connectivity index (χ0) is 11.4. The predicted octanol–water partition coefficient (Wildman–Crippen LogP) is 1.26. The van der Waals surface area contributed by atoms with Crippen LogP contribution in [-0.4, -0.2) is 16.0 Å². The van der Waals surface area contributed by atoms with Crippen molar-refractivity contribution in [3.8, 4) is 0 Å². The van der Waals surface area contributed by atoms with Gasteiger partial charge in [0, 0.05) is 5.69 Å². The topological polar surface area (TPSA) is 79.1 Å². The molecule has 0 saturated carbocycles. The quantitative estimate of drug-likeness (QED) is 0.305. The van der Waals surface area contributed by atoms with E-state index in [4.69, 9.17) is 5.84 Å². The molecule has 4 N–H and O–H groups in total. The van der Waals surface area contributed by atoms with Gasteiger partial charge in [-0.2, -0.15) is 5.10 Å². The molecule has 0 aliphatic rings. The minimum Gasteiger partial charge on any atom is -0.308 e. The summed E-state index contributed by atoms with van der Waals surface area (Å²) in [6.45, 7) is 1.92. The Morgan fingerprint density at radius 3 is 2.69 bits per heavy atom. The molecule has 5 nitrogen and oxygen atoms in total. The van der Waals surface area contributed by atoms with Gasteiger partial charge in [0.1, 0.15) is 0 Å². The zero-order valence-electron chi connectivity index (χ0n) is 8.94. The second-order valence-corrected chi connectivity index (χ2v) is 3.35. The Balaban J connectivity index is 2.37. The number of para-hydroxylation sites is 1. The van der Waals surface area contributed by atoms with Crippen LogP contribution in [0.2, 0.25) is 0 Å². The number of aromatic amines is 1. The predicted molar refractivity (Wildman–Crippen MR) is 63.3 cm³/mol. The Labute approximate surface area is 93.4 Å². The van der Waals surface area contributed by atoms with Crippen LogP contribution >= 0.6 is 0 Å². The van der Waals surface area contributed by atoms with Crippen molar-refractivity contribution in [2.45, 2.75) is 6.92 Å². The van der Waals surface area contributed by atoms with E-state index in [1.807, 2.05) is 37.3 Å². The molecular formula is C11H13N5. The molecule has 0 aliphatic heterocycles. The van der Waals surface area contributed by atoms with Gasteiger partial charge in [-0.3, -0.25) is 5.10 Å². The van der Waals surface area contributed by atoms with Crippen molar-refractivity contribution in [2.75, 3.05) is 0 Å². The van der Waals surface area contributed by atoms with Gasteiger partial charge in [-0.1, -0.05) is 18.2 Å². The van der Waals surface area contributed by atoms with Crippen LogP contribution in [0.15, 0.2) is 41.5 Å². The highest BCUT2D eigenvalue weighted by Gasteiger charge is 2.07. The van der Waals surface area contributed by atoms with Crippen LogP contribution in [0.25, 0.3) is 0 Å². The van der Waals surface area contributed by atoms with Crippen molar-refractivity contribution < 1.29 is 0 Å².